The lowest BCUT2D eigenvalue weighted by atomic mass is 10.0. The smallest absolute Gasteiger partial charge is 0.252 e. The van der Waals surface area contributed by atoms with Gasteiger partial charge < -0.3 is 4.57 Å². The molecule has 0 saturated heterocycles. The van der Waals surface area contributed by atoms with Crippen LogP contribution in [0.1, 0.15) is 42.0 Å². The summed E-state index contributed by atoms with van der Waals surface area (Å²) in [4.78, 5) is 17.6. The van der Waals surface area contributed by atoms with Crippen LogP contribution in [-0.4, -0.2) is 10.5 Å². The van der Waals surface area contributed by atoms with E-state index in [9.17, 15) is 4.79 Å². The highest BCUT2D eigenvalue weighted by molar-refractivity contribution is 7.16. The molecule has 0 N–H and O–H groups in total. The van der Waals surface area contributed by atoms with Gasteiger partial charge in [-0.2, -0.15) is 4.99 Å². The van der Waals surface area contributed by atoms with Crippen LogP contribution in [0.25, 0.3) is 10.2 Å². The van der Waals surface area contributed by atoms with E-state index in [0.717, 1.165) is 27.9 Å². The van der Waals surface area contributed by atoms with E-state index in [1.54, 1.807) is 11.3 Å². The summed E-state index contributed by atoms with van der Waals surface area (Å²) in [5.41, 5.74) is 5.90. The monoisotopic (exact) mass is 366 g/mol. The first-order chi connectivity index (χ1) is 12.5. The van der Waals surface area contributed by atoms with Crippen LogP contribution < -0.4 is 4.80 Å². The van der Waals surface area contributed by atoms with Crippen LogP contribution in [-0.2, 0) is 24.7 Å². The highest BCUT2D eigenvalue weighted by Gasteiger charge is 2.08. The molecule has 3 nitrogen and oxygen atoms in total. The minimum absolute atomic E-state index is 0.0923. The minimum Gasteiger partial charge on any atom is -0.319 e. The number of carbonyl (C=O) groups is 1. The molecule has 0 spiro atoms. The Bertz CT molecular complexity index is 1010. The van der Waals surface area contributed by atoms with Gasteiger partial charge in [0.15, 0.2) is 4.80 Å². The molecule has 3 aromatic rings. The lowest BCUT2D eigenvalue weighted by molar-refractivity contribution is -0.117. The Labute approximate surface area is 159 Å². The molecule has 0 aliphatic rings. The summed E-state index contributed by atoms with van der Waals surface area (Å²) in [6, 6.07) is 12.8. The quantitative estimate of drug-likeness (QED) is 0.634. The number of rotatable bonds is 5. The van der Waals surface area contributed by atoms with Crippen molar-refractivity contribution in [2.24, 2.45) is 12.0 Å². The maximum Gasteiger partial charge on any atom is 0.252 e. The van der Waals surface area contributed by atoms with Gasteiger partial charge in [0, 0.05) is 7.05 Å². The summed E-state index contributed by atoms with van der Waals surface area (Å²) in [7, 11) is 1.98. The van der Waals surface area contributed by atoms with Gasteiger partial charge in [0.1, 0.15) is 0 Å². The molecule has 3 rings (SSSR count). The topological polar surface area (TPSA) is 34.4 Å². The number of unbranched alkanes of at least 4 members (excludes halogenated alkanes) is 1. The number of thiazole rings is 1. The van der Waals surface area contributed by atoms with E-state index in [4.69, 9.17) is 0 Å². The van der Waals surface area contributed by atoms with Crippen LogP contribution in [0.4, 0.5) is 0 Å². The fraction of sp³-hybridized carbons (Fsp3) is 0.364. The largest absolute Gasteiger partial charge is 0.319 e. The SMILES string of the molecule is CCCCc1ccc2c(c1)sc(=NC(=O)Cc1ccc(C)cc1C)n2C. The van der Waals surface area contributed by atoms with Gasteiger partial charge in [-0.1, -0.05) is 54.5 Å². The van der Waals surface area contributed by atoms with Gasteiger partial charge in [-0.25, -0.2) is 0 Å². The lowest BCUT2D eigenvalue weighted by Crippen LogP contribution is -2.14. The lowest BCUT2D eigenvalue weighted by Gasteiger charge is -2.04. The summed E-state index contributed by atoms with van der Waals surface area (Å²) in [6.45, 7) is 6.32. The predicted molar refractivity (Wildman–Crippen MR) is 110 cm³/mol. The Morgan fingerprint density at radius 1 is 1.15 bits per heavy atom. The number of aromatic nitrogens is 1. The molecule has 1 amide bonds. The standard InChI is InChI=1S/C22H26N2OS/c1-5-6-7-17-9-11-19-20(13-17)26-22(24(19)4)23-21(25)14-18-10-8-15(2)12-16(18)3/h8-13H,5-7,14H2,1-4H3. The van der Waals surface area contributed by atoms with E-state index in [2.05, 4.69) is 43.1 Å². The molecule has 26 heavy (non-hydrogen) atoms. The molecule has 1 aromatic heterocycles. The average Bonchev–Trinajstić information content (AvgIpc) is 2.91. The molecule has 0 aliphatic carbocycles. The summed E-state index contributed by atoms with van der Waals surface area (Å²) in [5, 5.41) is 0. The van der Waals surface area contributed by atoms with Crippen molar-refractivity contribution < 1.29 is 4.79 Å². The Morgan fingerprint density at radius 3 is 2.69 bits per heavy atom. The summed E-state index contributed by atoms with van der Waals surface area (Å²) >= 11 is 1.59. The molecule has 4 heteroatoms. The van der Waals surface area contributed by atoms with E-state index in [-0.39, 0.29) is 5.91 Å². The van der Waals surface area contributed by atoms with E-state index in [1.165, 1.54) is 28.7 Å². The Balaban J connectivity index is 1.88. The van der Waals surface area contributed by atoms with Crippen LogP contribution in [0.15, 0.2) is 41.4 Å². The Hall–Kier alpha value is -2.20. The van der Waals surface area contributed by atoms with Gasteiger partial charge in [0.2, 0.25) is 0 Å². The average molecular weight is 367 g/mol. The molecule has 0 saturated carbocycles. The third kappa shape index (κ3) is 4.13. The maximum atomic E-state index is 12.5. The van der Waals surface area contributed by atoms with Gasteiger partial charge >= 0.3 is 0 Å². The second-order valence-electron chi connectivity index (χ2n) is 6.96. The molecule has 0 bridgehead atoms. The van der Waals surface area contributed by atoms with Gasteiger partial charge in [0.05, 0.1) is 16.6 Å². The minimum atomic E-state index is -0.0923. The third-order valence-electron chi connectivity index (χ3n) is 4.75. The predicted octanol–water partition coefficient (Wildman–Crippen LogP) is 4.87. The number of benzene rings is 2. The number of hydrogen-bond donors (Lipinski definition) is 0. The molecule has 136 valence electrons. The molecular weight excluding hydrogens is 340 g/mol. The van der Waals surface area contributed by atoms with Crippen molar-refractivity contribution in [3.8, 4) is 0 Å². The fourth-order valence-corrected chi connectivity index (χ4v) is 4.27. The second kappa shape index (κ2) is 8.00. The number of aryl methyl sites for hydroxylation is 4. The molecule has 1 heterocycles. The Morgan fingerprint density at radius 2 is 1.96 bits per heavy atom. The first-order valence-corrected chi connectivity index (χ1v) is 10.0. The number of fused-ring (bicyclic) bond motifs is 1. The van der Waals surface area contributed by atoms with Crippen LogP contribution in [0.2, 0.25) is 0 Å². The van der Waals surface area contributed by atoms with Gasteiger partial charge in [0.25, 0.3) is 5.91 Å². The molecule has 0 aliphatic heterocycles. The van der Waals surface area contributed by atoms with Crippen molar-refractivity contribution in [2.75, 3.05) is 0 Å². The van der Waals surface area contributed by atoms with Crippen LogP contribution in [0.5, 0.6) is 0 Å². The number of carbonyl (C=O) groups excluding carboxylic acids is 1. The van der Waals surface area contributed by atoms with Crippen molar-refractivity contribution in [2.45, 2.75) is 46.5 Å². The third-order valence-corrected chi connectivity index (χ3v) is 5.85. The van der Waals surface area contributed by atoms with Crippen molar-refractivity contribution in [3.05, 3.63) is 63.5 Å². The van der Waals surface area contributed by atoms with Crippen molar-refractivity contribution in [3.63, 3.8) is 0 Å². The van der Waals surface area contributed by atoms with E-state index < -0.39 is 0 Å². The maximum absolute atomic E-state index is 12.5. The fourth-order valence-electron chi connectivity index (χ4n) is 3.17. The van der Waals surface area contributed by atoms with Crippen LogP contribution >= 0.6 is 11.3 Å². The molecule has 0 fully saturated rings. The first kappa shape index (κ1) is 18.6. The van der Waals surface area contributed by atoms with Crippen molar-refractivity contribution in [1.29, 1.82) is 0 Å². The van der Waals surface area contributed by atoms with E-state index >= 15 is 0 Å². The van der Waals surface area contributed by atoms with Crippen LogP contribution in [0, 0.1) is 13.8 Å². The normalized spacial score (nSPS) is 12.1. The van der Waals surface area contributed by atoms with Crippen LogP contribution in [0.3, 0.4) is 0 Å². The molecule has 2 aromatic carbocycles. The Kier molecular flexibility index (Phi) is 5.72. The number of amides is 1. The zero-order chi connectivity index (χ0) is 18.7. The van der Waals surface area contributed by atoms with Crippen molar-refractivity contribution in [1.82, 2.24) is 4.57 Å². The second-order valence-corrected chi connectivity index (χ2v) is 7.97. The van der Waals surface area contributed by atoms with E-state index in [0.29, 0.717) is 6.42 Å². The summed E-state index contributed by atoms with van der Waals surface area (Å²) in [5.74, 6) is -0.0923. The summed E-state index contributed by atoms with van der Waals surface area (Å²) < 4.78 is 3.21. The van der Waals surface area contributed by atoms with Gasteiger partial charge in [-0.05, 0) is 55.5 Å². The molecule has 0 radical (unpaired) electrons. The molecule has 0 atom stereocenters. The number of hydrogen-bond acceptors (Lipinski definition) is 2. The zero-order valence-corrected chi connectivity index (χ0v) is 16.8. The van der Waals surface area contributed by atoms with Gasteiger partial charge in [-0.15, -0.1) is 0 Å². The number of nitrogens with zero attached hydrogens (tertiary/aromatic N) is 2. The van der Waals surface area contributed by atoms with E-state index in [1.807, 2.05) is 30.7 Å². The molecular formula is C22H26N2OS. The first-order valence-electron chi connectivity index (χ1n) is 9.20. The summed E-state index contributed by atoms with van der Waals surface area (Å²) in [6.07, 6.45) is 3.85. The van der Waals surface area contributed by atoms with Gasteiger partial charge in [-0.3, -0.25) is 4.79 Å². The highest BCUT2D eigenvalue weighted by Crippen LogP contribution is 2.20. The zero-order valence-electron chi connectivity index (χ0n) is 16.0. The molecule has 0 unspecified atom stereocenters. The van der Waals surface area contributed by atoms with Crippen molar-refractivity contribution >= 4 is 27.5 Å². The highest BCUT2D eigenvalue weighted by atomic mass is 32.1.